The minimum Gasteiger partial charge on any atom is -0.449 e. The Bertz CT molecular complexity index is 2100. The van der Waals surface area contributed by atoms with Gasteiger partial charge < -0.3 is 44.4 Å². The van der Waals surface area contributed by atoms with Crippen LogP contribution in [0.3, 0.4) is 0 Å². The quantitative estimate of drug-likeness (QED) is 0.0547. The van der Waals surface area contributed by atoms with Crippen molar-refractivity contribution in [2.24, 2.45) is 40.5 Å². The minimum atomic E-state index is -4.18. The van der Waals surface area contributed by atoms with Gasteiger partial charge in [0.25, 0.3) is 5.91 Å². The molecule has 5 amide bonds. The van der Waals surface area contributed by atoms with Gasteiger partial charge in [-0.25, -0.2) is 18.2 Å². The summed E-state index contributed by atoms with van der Waals surface area (Å²) >= 11 is 0. The zero-order valence-electron chi connectivity index (χ0n) is 44.4. The Hall–Kier alpha value is -4.93. The Morgan fingerprint density at radius 1 is 0.887 bits per heavy atom. The summed E-state index contributed by atoms with van der Waals surface area (Å²) in [7, 11) is 8.13. The number of sulfonamides is 1. The molecule has 1 aromatic rings. The number of fused-ring (bicyclic) bond motifs is 1. The Kier molecular flexibility index (Phi) is 22.9. The van der Waals surface area contributed by atoms with Crippen LogP contribution in [-0.2, 0) is 49.8 Å². The summed E-state index contributed by atoms with van der Waals surface area (Å²) in [6.45, 7) is 10.4. The first-order chi connectivity index (χ1) is 33.7. The number of hydrogen-bond donors (Lipinski definition) is 3. The molecule has 2 aliphatic carbocycles. The number of methoxy groups -OCH3 is 2. The van der Waals surface area contributed by atoms with Crippen molar-refractivity contribution in [3.63, 3.8) is 0 Å². The maximum Gasteiger partial charge on any atom is 0.407 e. The first-order valence-electron chi connectivity index (χ1n) is 25.4. The topological polar surface area (TPSA) is 209 Å². The van der Waals surface area contributed by atoms with Gasteiger partial charge in [0.1, 0.15) is 12.1 Å². The summed E-state index contributed by atoms with van der Waals surface area (Å²) in [6, 6.07) is 6.00. The molecule has 3 aliphatic rings. The summed E-state index contributed by atoms with van der Waals surface area (Å²) in [6.07, 6.45) is 3.59. The Balaban J connectivity index is 1.40. The van der Waals surface area contributed by atoms with Gasteiger partial charge in [-0.05, 0) is 67.3 Å². The minimum absolute atomic E-state index is 0.00108. The molecular formula is C52H84N8O10S. The van der Waals surface area contributed by atoms with E-state index >= 15 is 0 Å². The molecule has 1 unspecified atom stereocenters. The van der Waals surface area contributed by atoms with Crippen molar-refractivity contribution < 1.29 is 46.6 Å². The molecule has 0 bridgehead atoms. The maximum atomic E-state index is 14.4. The molecule has 0 radical (unpaired) electrons. The van der Waals surface area contributed by atoms with Gasteiger partial charge in [0, 0.05) is 81.8 Å². The van der Waals surface area contributed by atoms with Crippen LogP contribution in [0.2, 0.25) is 0 Å². The number of alkyl carbamates (subject to hydrolysis) is 1. The lowest BCUT2D eigenvalue weighted by Gasteiger charge is -2.40. The highest BCUT2D eigenvalue weighted by molar-refractivity contribution is 7.90. The molecule has 71 heavy (non-hydrogen) atoms. The standard InChI is InChI=1S/C52H84N8O10S/c1-13-35(4)46(59(10)50(64)45(34(2)3)55-51(57(6)7)58(8)9)43(68-11)32-44(61)60-29-21-27-42(60)47(69-12)36(5)48(62)54-41(31-37-23-17-16-18-24-37)49(63)56-71(66,67)30-22-28-53-52(65)70-33-40-38-25-19-14-15-20-26-39(38)40/h16-18,23-24,34-36,38-43,45-47H,13,19-22,25-33H2,1-12H3,(H,53,65)(H,54,62)(H,56,63)/t35-,36+,38-,39+,40?,41-,42-,43-,45-,46-,47+/m0/s1. The summed E-state index contributed by atoms with van der Waals surface area (Å²) < 4.78 is 46.1. The molecule has 1 saturated heterocycles. The van der Waals surface area contributed by atoms with Gasteiger partial charge in [-0.3, -0.25) is 23.9 Å². The van der Waals surface area contributed by atoms with Gasteiger partial charge in [-0.2, -0.15) is 0 Å². The zero-order chi connectivity index (χ0) is 52.6. The highest BCUT2D eigenvalue weighted by Gasteiger charge is 2.49. The normalized spacial score (nSPS) is 21.5. The summed E-state index contributed by atoms with van der Waals surface area (Å²) in [5.41, 5.74) is 0.691. The Labute approximate surface area is 424 Å². The van der Waals surface area contributed by atoms with Crippen LogP contribution in [0.1, 0.15) is 98.0 Å². The number of ether oxygens (including phenoxy) is 3. The fourth-order valence-corrected chi connectivity index (χ4v) is 11.4. The Morgan fingerprint density at radius 3 is 2.08 bits per heavy atom. The zero-order valence-corrected chi connectivity index (χ0v) is 45.3. The van der Waals surface area contributed by atoms with Gasteiger partial charge in [0.15, 0.2) is 5.96 Å². The molecule has 19 heteroatoms. The second kappa shape index (κ2) is 27.8. The second-order valence-electron chi connectivity index (χ2n) is 20.3. The molecule has 1 aromatic carbocycles. The fraction of sp³-hybridized carbons (Fsp3) is 0.731. The molecule has 3 N–H and O–H groups in total. The van der Waals surface area contributed by atoms with E-state index in [2.05, 4.69) is 27.2 Å². The van der Waals surface area contributed by atoms with Gasteiger partial charge in [0.2, 0.25) is 27.7 Å². The number of nitrogens with zero attached hydrogens (tertiary/aromatic N) is 5. The maximum absolute atomic E-state index is 14.4. The van der Waals surface area contributed by atoms with Crippen molar-refractivity contribution in [1.82, 2.24) is 35.0 Å². The lowest BCUT2D eigenvalue weighted by Crippen LogP contribution is -2.56. The van der Waals surface area contributed by atoms with Crippen LogP contribution in [0.4, 0.5) is 4.79 Å². The molecule has 1 saturated carbocycles. The van der Waals surface area contributed by atoms with Crippen molar-refractivity contribution in [1.29, 1.82) is 0 Å². The molecule has 18 nitrogen and oxygen atoms in total. The molecule has 0 spiro atoms. The number of benzene rings is 1. The number of nitrogens with one attached hydrogen (secondary N) is 3. The lowest BCUT2D eigenvalue weighted by atomic mass is 9.89. The van der Waals surface area contributed by atoms with Crippen molar-refractivity contribution >= 4 is 45.7 Å². The number of carbonyl (C=O) groups is 5. The van der Waals surface area contributed by atoms with Crippen LogP contribution in [0, 0.1) is 47.3 Å². The third-order valence-corrected chi connectivity index (χ3v) is 15.8. The van der Waals surface area contributed by atoms with E-state index in [1.54, 1.807) is 55.1 Å². The van der Waals surface area contributed by atoms with Gasteiger partial charge in [-0.1, -0.05) is 71.4 Å². The van der Waals surface area contributed by atoms with Crippen LogP contribution in [0.15, 0.2) is 35.3 Å². The van der Waals surface area contributed by atoms with E-state index in [4.69, 9.17) is 19.2 Å². The van der Waals surface area contributed by atoms with E-state index in [1.807, 2.05) is 71.8 Å². The first-order valence-corrected chi connectivity index (χ1v) is 27.1. The molecule has 1 aliphatic heterocycles. The monoisotopic (exact) mass is 1010 g/mol. The smallest absolute Gasteiger partial charge is 0.407 e. The number of aliphatic imine (C=N–C) groups is 1. The number of rotatable bonds is 25. The van der Waals surface area contributed by atoms with Gasteiger partial charge >= 0.3 is 6.09 Å². The highest BCUT2D eigenvalue weighted by Crippen LogP contribution is 2.52. The molecule has 4 rings (SSSR count). The van der Waals surface area contributed by atoms with Crippen molar-refractivity contribution in [2.75, 3.05) is 74.9 Å². The van der Waals surface area contributed by atoms with E-state index in [9.17, 15) is 32.4 Å². The van der Waals surface area contributed by atoms with Crippen molar-refractivity contribution in [2.45, 2.75) is 135 Å². The molecular weight excluding hydrogens is 929 g/mol. The molecule has 398 valence electrons. The number of amides is 5. The molecule has 0 aromatic heterocycles. The SMILES string of the molecule is CC[C@H](C)[C@@H]([C@H](CC(=O)N1CCC[C@H]1[C@H](OC)[C@@H](C)C(=O)N[C@@H](Cc1ccccc1)C(=O)NS(=O)(=O)CCCNC(=O)OCC1[C@H]2CCC#CCC[C@@H]12)OC)N(C)C(=O)[C@@H](N=C(N(C)C)N(C)C)C(C)C. The van der Waals surface area contributed by atoms with Crippen LogP contribution < -0.4 is 15.4 Å². The van der Waals surface area contributed by atoms with E-state index in [0.717, 1.165) is 32.1 Å². The highest BCUT2D eigenvalue weighted by atomic mass is 32.2. The van der Waals surface area contributed by atoms with Gasteiger partial charge in [0.05, 0.1) is 49.0 Å². The summed E-state index contributed by atoms with van der Waals surface area (Å²) in [4.78, 5) is 81.2. The van der Waals surface area contributed by atoms with Crippen molar-refractivity contribution in [3.05, 3.63) is 35.9 Å². The Morgan fingerprint density at radius 2 is 1.52 bits per heavy atom. The van der Waals surface area contributed by atoms with E-state index in [1.165, 1.54) is 7.11 Å². The molecule has 1 heterocycles. The van der Waals surface area contributed by atoms with Crippen LogP contribution >= 0.6 is 0 Å². The first kappa shape index (κ1) is 58.6. The number of guanidine groups is 1. The van der Waals surface area contributed by atoms with E-state index in [-0.39, 0.29) is 49.5 Å². The molecule has 2 fully saturated rings. The second-order valence-corrected chi connectivity index (χ2v) is 22.2. The summed E-state index contributed by atoms with van der Waals surface area (Å²) in [5.74, 6) is 5.02. The molecule has 11 atom stereocenters. The predicted octanol–water partition coefficient (Wildman–Crippen LogP) is 4.14. The third-order valence-electron chi connectivity index (χ3n) is 14.5. The fourth-order valence-electron chi connectivity index (χ4n) is 10.4. The van der Waals surface area contributed by atoms with Crippen molar-refractivity contribution in [3.8, 4) is 11.8 Å². The largest absolute Gasteiger partial charge is 0.449 e. The van der Waals surface area contributed by atoms with Gasteiger partial charge in [-0.15, -0.1) is 11.8 Å². The van der Waals surface area contributed by atoms with Crippen LogP contribution in [0.5, 0.6) is 0 Å². The van der Waals surface area contributed by atoms with Crippen LogP contribution in [0.25, 0.3) is 0 Å². The predicted molar refractivity (Wildman–Crippen MR) is 274 cm³/mol. The number of likely N-dealkylation sites (tertiary alicyclic amines) is 1. The summed E-state index contributed by atoms with van der Waals surface area (Å²) in [5, 5.41) is 5.40. The van der Waals surface area contributed by atoms with Crippen LogP contribution in [-0.4, -0.2) is 175 Å². The number of likely N-dealkylation sites (N-methyl/N-ethyl adjacent to an activating group) is 1. The lowest BCUT2D eigenvalue weighted by molar-refractivity contribution is -0.146. The van der Waals surface area contributed by atoms with E-state index < -0.39 is 76.0 Å². The number of carbonyl (C=O) groups excluding carboxylic acids is 5. The third kappa shape index (κ3) is 16.8. The number of hydrogen-bond acceptors (Lipinski definition) is 11. The average Bonchev–Trinajstić information content (AvgIpc) is 3.70. The average molecular weight is 1010 g/mol. The van der Waals surface area contributed by atoms with E-state index in [0.29, 0.717) is 55.3 Å².